The smallest absolute Gasteiger partial charge is 0.303 e. The van der Waals surface area contributed by atoms with Crippen molar-refractivity contribution in [2.24, 2.45) is 0 Å². The second-order valence-corrected chi connectivity index (χ2v) is 5.23. The minimum absolute atomic E-state index is 0.134. The van der Waals surface area contributed by atoms with Crippen LogP contribution in [0.15, 0.2) is 23.1 Å². The Morgan fingerprint density at radius 2 is 2.10 bits per heavy atom. The molecule has 0 aromatic carbocycles. The van der Waals surface area contributed by atoms with E-state index in [0.717, 1.165) is 13.0 Å². The third kappa shape index (κ3) is 6.94. The molecule has 21 heavy (non-hydrogen) atoms. The van der Waals surface area contributed by atoms with Crippen LogP contribution >= 0.6 is 0 Å². The fourth-order valence-electron chi connectivity index (χ4n) is 1.92. The molecule has 0 bridgehead atoms. The van der Waals surface area contributed by atoms with Gasteiger partial charge in [-0.25, -0.2) is 0 Å². The Labute approximate surface area is 125 Å². The van der Waals surface area contributed by atoms with Crippen molar-refractivity contribution >= 4 is 5.97 Å². The lowest BCUT2D eigenvalue weighted by molar-refractivity contribution is -0.137. The molecular formula is C15H24N2O4. The highest BCUT2D eigenvalue weighted by Gasteiger charge is 2.05. The Hall–Kier alpha value is -1.82. The van der Waals surface area contributed by atoms with Gasteiger partial charge in [-0.15, -0.1) is 0 Å². The first kappa shape index (κ1) is 17.2. The number of unbranched alkanes of at least 4 members (excludes halogenated alkanes) is 1. The van der Waals surface area contributed by atoms with E-state index in [1.165, 1.54) is 0 Å². The quantitative estimate of drug-likeness (QED) is 0.661. The van der Waals surface area contributed by atoms with E-state index < -0.39 is 5.97 Å². The normalized spacial score (nSPS) is 10.8. The molecule has 6 heteroatoms. The molecule has 0 saturated carbocycles. The summed E-state index contributed by atoms with van der Waals surface area (Å²) in [5, 5.41) is 8.58. The summed E-state index contributed by atoms with van der Waals surface area (Å²) in [6.45, 7) is 1.94. The van der Waals surface area contributed by atoms with Gasteiger partial charge in [0.15, 0.2) is 5.75 Å². The van der Waals surface area contributed by atoms with Gasteiger partial charge >= 0.3 is 5.97 Å². The molecule has 1 aromatic rings. The van der Waals surface area contributed by atoms with Crippen molar-refractivity contribution in [3.05, 3.63) is 28.7 Å². The molecule has 0 aliphatic carbocycles. The fraction of sp³-hybridized carbons (Fsp3) is 0.600. The number of pyridine rings is 1. The standard InChI is InChI=1S/C15H24N2O4/c1-16(2)9-6-12-21-13-7-5-11-17(15(13)20)10-4-3-8-14(18)19/h5,7,11H,3-4,6,8-10,12H2,1-2H3,(H,18,19). The summed E-state index contributed by atoms with van der Waals surface area (Å²) in [5.74, 6) is -0.449. The Bertz CT molecular complexity index is 497. The van der Waals surface area contributed by atoms with Crippen molar-refractivity contribution in [3.8, 4) is 5.75 Å². The van der Waals surface area contributed by atoms with Crippen molar-refractivity contribution in [2.45, 2.75) is 32.2 Å². The van der Waals surface area contributed by atoms with E-state index in [4.69, 9.17) is 9.84 Å². The van der Waals surface area contributed by atoms with Crippen LogP contribution in [0.1, 0.15) is 25.7 Å². The molecule has 0 radical (unpaired) electrons. The Balaban J connectivity index is 2.46. The molecule has 1 aromatic heterocycles. The highest BCUT2D eigenvalue weighted by atomic mass is 16.5. The van der Waals surface area contributed by atoms with E-state index in [2.05, 4.69) is 4.90 Å². The molecular weight excluding hydrogens is 272 g/mol. The van der Waals surface area contributed by atoms with Gasteiger partial charge in [-0.3, -0.25) is 9.59 Å². The zero-order chi connectivity index (χ0) is 15.7. The second-order valence-electron chi connectivity index (χ2n) is 5.23. The van der Waals surface area contributed by atoms with Gasteiger partial charge in [0.25, 0.3) is 5.56 Å². The number of hydrogen-bond acceptors (Lipinski definition) is 4. The molecule has 6 nitrogen and oxygen atoms in total. The summed E-state index contributed by atoms with van der Waals surface area (Å²) in [5.41, 5.74) is -0.155. The molecule has 0 fully saturated rings. The lowest BCUT2D eigenvalue weighted by atomic mass is 10.2. The van der Waals surface area contributed by atoms with E-state index in [1.54, 1.807) is 22.9 Å². The van der Waals surface area contributed by atoms with Gasteiger partial charge in [-0.1, -0.05) is 0 Å². The number of aromatic nitrogens is 1. The summed E-state index contributed by atoms with van der Waals surface area (Å²) in [7, 11) is 3.99. The molecule has 118 valence electrons. The Kier molecular flexibility index (Phi) is 7.53. The zero-order valence-electron chi connectivity index (χ0n) is 12.7. The maximum Gasteiger partial charge on any atom is 0.303 e. The minimum atomic E-state index is -0.805. The number of carboxylic acids is 1. The van der Waals surface area contributed by atoms with Crippen LogP contribution in [-0.2, 0) is 11.3 Å². The highest BCUT2D eigenvalue weighted by molar-refractivity contribution is 5.66. The van der Waals surface area contributed by atoms with E-state index >= 15 is 0 Å². The van der Waals surface area contributed by atoms with Crippen molar-refractivity contribution in [1.29, 1.82) is 0 Å². The predicted octanol–water partition coefficient (Wildman–Crippen LogP) is 1.43. The van der Waals surface area contributed by atoms with Gasteiger partial charge in [0, 0.05) is 25.7 Å². The van der Waals surface area contributed by atoms with E-state index in [0.29, 0.717) is 31.7 Å². The van der Waals surface area contributed by atoms with Gasteiger partial charge in [0.1, 0.15) is 0 Å². The van der Waals surface area contributed by atoms with Crippen LogP contribution in [0.5, 0.6) is 5.75 Å². The number of nitrogens with zero attached hydrogens (tertiary/aromatic N) is 2. The molecule has 1 N–H and O–H groups in total. The average molecular weight is 296 g/mol. The Morgan fingerprint density at radius 1 is 1.33 bits per heavy atom. The van der Waals surface area contributed by atoms with Crippen molar-refractivity contribution in [3.63, 3.8) is 0 Å². The Morgan fingerprint density at radius 3 is 2.76 bits per heavy atom. The first-order chi connectivity index (χ1) is 10.0. The van der Waals surface area contributed by atoms with E-state index in [1.807, 2.05) is 14.1 Å². The number of ether oxygens (including phenoxy) is 1. The fourth-order valence-corrected chi connectivity index (χ4v) is 1.92. The predicted molar refractivity (Wildman–Crippen MR) is 80.9 cm³/mol. The summed E-state index contributed by atoms with van der Waals surface area (Å²) < 4.78 is 7.09. The first-order valence-electron chi connectivity index (χ1n) is 7.19. The third-order valence-electron chi connectivity index (χ3n) is 3.03. The van der Waals surface area contributed by atoms with Crippen LogP contribution < -0.4 is 10.3 Å². The molecule has 0 atom stereocenters. The summed E-state index contributed by atoms with van der Waals surface area (Å²) in [6.07, 6.45) is 3.93. The first-order valence-corrected chi connectivity index (χ1v) is 7.19. The van der Waals surface area contributed by atoms with E-state index in [9.17, 15) is 9.59 Å². The van der Waals surface area contributed by atoms with Gasteiger partial charge in [0.05, 0.1) is 6.61 Å². The summed E-state index contributed by atoms with van der Waals surface area (Å²) in [4.78, 5) is 24.6. The molecule has 1 heterocycles. The number of aliphatic carboxylic acids is 1. The van der Waals surface area contributed by atoms with Crippen LogP contribution in [0.3, 0.4) is 0 Å². The number of carboxylic acid groups (broad SMARTS) is 1. The third-order valence-corrected chi connectivity index (χ3v) is 3.03. The number of carbonyl (C=O) groups is 1. The molecule has 0 spiro atoms. The van der Waals surface area contributed by atoms with Crippen LogP contribution in [-0.4, -0.2) is 47.8 Å². The number of rotatable bonds is 10. The van der Waals surface area contributed by atoms with Crippen molar-refractivity contribution in [2.75, 3.05) is 27.2 Å². The number of hydrogen-bond donors (Lipinski definition) is 1. The van der Waals surface area contributed by atoms with E-state index in [-0.39, 0.29) is 12.0 Å². The molecule has 0 amide bonds. The lowest BCUT2D eigenvalue weighted by Crippen LogP contribution is -2.22. The van der Waals surface area contributed by atoms with Crippen LogP contribution in [0, 0.1) is 0 Å². The maximum absolute atomic E-state index is 12.1. The SMILES string of the molecule is CN(C)CCCOc1cccn(CCCCC(=O)O)c1=O. The summed E-state index contributed by atoms with van der Waals surface area (Å²) >= 11 is 0. The minimum Gasteiger partial charge on any atom is -0.488 e. The monoisotopic (exact) mass is 296 g/mol. The molecule has 1 rings (SSSR count). The van der Waals surface area contributed by atoms with Gasteiger partial charge in [-0.2, -0.15) is 0 Å². The zero-order valence-corrected chi connectivity index (χ0v) is 12.7. The van der Waals surface area contributed by atoms with Crippen molar-refractivity contribution in [1.82, 2.24) is 9.47 Å². The summed E-state index contributed by atoms with van der Waals surface area (Å²) in [6, 6.07) is 3.45. The van der Waals surface area contributed by atoms with Crippen LogP contribution in [0.25, 0.3) is 0 Å². The van der Waals surface area contributed by atoms with Gasteiger partial charge < -0.3 is 19.3 Å². The average Bonchev–Trinajstić information content (AvgIpc) is 2.42. The molecule has 0 saturated heterocycles. The maximum atomic E-state index is 12.1. The highest BCUT2D eigenvalue weighted by Crippen LogP contribution is 2.04. The van der Waals surface area contributed by atoms with Crippen LogP contribution in [0.4, 0.5) is 0 Å². The topological polar surface area (TPSA) is 71.8 Å². The van der Waals surface area contributed by atoms with Gasteiger partial charge in [-0.05, 0) is 45.5 Å². The molecule has 0 aliphatic rings. The number of aryl methyl sites for hydroxylation is 1. The largest absolute Gasteiger partial charge is 0.488 e. The second kappa shape index (κ2) is 9.18. The molecule has 0 unspecified atom stereocenters. The van der Waals surface area contributed by atoms with Gasteiger partial charge in [0.2, 0.25) is 0 Å². The lowest BCUT2D eigenvalue weighted by Gasteiger charge is -2.11. The molecule has 0 aliphatic heterocycles. The van der Waals surface area contributed by atoms with Crippen molar-refractivity contribution < 1.29 is 14.6 Å². The van der Waals surface area contributed by atoms with Crippen LogP contribution in [0.2, 0.25) is 0 Å².